The number of aromatic nitrogens is 1. The zero-order valence-electron chi connectivity index (χ0n) is 11.7. The van der Waals surface area contributed by atoms with Gasteiger partial charge in [0.2, 0.25) is 5.91 Å². The van der Waals surface area contributed by atoms with Gasteiger partial charge in [0, 0.05) is 38.8 Å². The van der Waals surface area contributed by atoms with E-state index in [1.54, 1.807) is 7.11 Å². The third kappa shape index (κ3) is 3.36. The number of carbonyl (C=O) groups is 1. The van der Waals surface area contributed by atoms with Crippen molar-refractivity contribution in [2.75, 3.05) is 33.5 Å². The smallest absolute Gasteiger partial charge is 0.248 e. The second kappa shape index (κ2) is 6.73. The molecule has 1 atom stereocenters. The third-order valence-electron chi connectivity index (χ3n) is 3.48. The monoisotopic (exact) mass is 266 g/mol. The minimum atomic E-state index is 0.0664. The molecule has 0 radical (unpaired) electrons. The van der Waals surface area contributed by atoms with Crippen LogP contribution < -0.4 is 0 Å². The molecule has 106 valence electrons. The minimum absolute atomic E-state index is 0.0664. The normalized spacial score (nSPS) is 18.4. The molecule has 0 spiro atoms. The maximum Gasteiger partial charge on any atom is 0.248 e. The van der Waals surface area contributed by atoms with Gasteiger partial charge < -0.3 is 18.9 Å². The van der Waals surface area contributed by atoms with Crippen molar-refractivity contribution in [2.24, 2.45) is 0 Å². The summed E-state index contributed by atoms with van der Waals surface area (Å²) in [6.45, 7) is 4.75. The van der Waals surface area contributed by atoms with E-state index in [1.807, 2.05) is 17.9 Å². The topological polar surface area (TPSA) is 43.7 Å². The Morgan fingerprint density at radius 3 is 3.11 bits per heavy atom. The molecule has 0 fully saturated rings. The lowest BCUT2D eigenvalue weighted by atomic mass is 10.1. The number of hydrogen-bond acceptors (Lipinski definition) is 3. The first kappa shape index (κ1) is 14.1. The Hall–Kier alpha value is -1.33. The van der Waals surface area contributed by atoms with Gasteiger partial charge >= 0.3 is 0 Å². The number of rotatable bonds is 6. The summed E-state index contributed by atoms with van der Waals surface area (Å²) in [6.07, 6.45) is 3.00. The van der Waals surface area contributed by atoms with Crippen LogP contribution in [0.4, 0.5) is 0 Å². The van der Waals surface area contributed by atoms with E-state index in [0.717, 1.165) is 13.0 Å². The van der Waals surface area contributed by atoms with Crippen LogP contribution in [0.15, 0.2) is 18.3 Å². The van der Waals surface area contributed by atoms with Crippen molar-refractivity contribution in [1.82, 2.24) is 9.47 Å². The molecule has 19 heavy (non-hydrogen) atoms. The number of ether oxygens (including phenoxy) is 2. The van der Waals surface area contributed by atoms with Crippen LogP contribution in [0.5, 0.6) is 0 Å². The fraction of sp³-hybridized carbons (Fsp3) is 0.643. The second-order valence-electron chi connectivity index (χ2n) is 4.75. The van der Waals surface area contributed by atoms with Gasteiger partial charge in [-0.05, 0) is 25.5 Å². The standard InChI is InChI=1S/C14H22N2O3/c1-3-19-11-14(17)15-9-12-5-4-7-16(12)13(10-15)6-8-18-2/h4-5,7,13H,3,6,8-11H2,1-2H3. The zero-order valence-corrected chi connectivity index (χ0v) is 11.7. The number of nitrogens with zero attached hydrogens (tertiary/aromatic N) is 2. The van der Waals surface area contributed by atoms with Crippen LogP contribution in [0.25, 0.3) is 0 Å². The summed E-state index contributed by atoms with van der Waals surface area (Å²) in [5, 5.41) is 0. The first-order valence-electron chi connectivity index (χ1n) is 6.76. The Morgan fingerprint density at radius 1 is 1.53 bits per heavy atom. The summed E-state index contributed by atoms with van der Waals surface area (Å²) in [4.78, 5) is 13.9. The Bertz CT molecular complexity index is 417. The number of carbonyl (C=O) groups excluding carboxylic acids is 1. The van der Waals surface area contributed by atoms with Crippen molar-refractivity contribution in [2.45, 2.75) is 25.9 Å². The second-order valence-corrected chi connectivity index (χ2v) is 4.75. The van der Waals surface area contributed by atoms with E-state index in [0.29, 0.717) is 25.8 Å². The van der Waals surface area contributed by atoms with E-state index in [-0.39, 0.29) is 12.5 Å². The van der Waals surface area contributed by atoms with Crippen molar-refractivity contribution in [1.29, 1.82) is 0 Å². The highest BCUT2D eigenvalue weighted by Gasteiger charge is 2.26. The van der Waals surface area contributed by atoms with E-state index in [4.69, 9.17) is 9.47 Å². The largest absolute Gasteiger partial charge is 0.385 e. The summed E-state index contributed by atoms with van der Waals surface area (Å²) < 4.78 is 12.6. The van der Waals surface area contributed by atoms with Gasteiger partial charge in [-0.1, -0.05) is 0 Å². The Labute approximate surface area is 114 Å². The molecular formula is C14H22N2O3. The van der Waals surface area contributed by atoms with Crippen molar-refractivity contribution in [3.05, 3.63) is 24.0 Å². The Morgan fingerprint density at radius 2 is 2.37 bits per heavy atom. The number of fused-ring (bicyclic) bond motifs is 1. The molecule has 0 aliphatic carbocycles. The summed E-state index contributed by atoms with van der Waals surface area (Å²) in [7, 11) is 1.71. The van der Waals surface area contributed by atoms with Gasteiger partial charge in [0.05, 0.1) is 12.6 Å². The highest BCUT2D eigenvalue weighted by Crippen LogP contribution is 2.24. The predicted molar refractivity (Wildman–Crippen MR) is 71.9 cm³/mol. The molecule has 1 aliphatic rings. The molecule has 1 aromatic rings. The lowest BCUT2D eigenvalue weighted by molar-refractivity contribution is -0.138. The first-order valence-corrected chi connectivity index (χ1v) is 6.76. The third-order valence-corrected chi connectivity index (χ3v) is 3.48. The van der Waals surface area contributed by atoms with Gasteiger partial charge in [-0.2, -0.15) is 0 Å². The van der Waals surface area contributed by atoms with E-state index in [1.165, 1.54) is 5.69 Å². The molecule has 0 aromatic carbocycles. The van der Waals surface area contributed by atoms with Gasteiger partial charge in [0.15, 0.2) is 0 Å². The molecular weight excluding hydrogens is 244 g/mol. The van der Waals surface area contributed by atoms with Crippen LogP contribution in [-0.4, -0.2) is 48.8 Å². The molecule has 5 nitrogen and oxygen atoms in total. The van der Waals surface area contributed by atoms with E-state index in [9.17, 15) is 4.79 Å². The summed E-state index contributed by atoms with van der Waals surface area (Å²) >= 11 is 0. The van der Waals surface area contributed by atoms with E-state index >= 15 is 0 Å². The quantitative estimate of drug-likeness (QED) is 0.782. The molecule has 0 bridgehead atoms. The van der Waals surface area contributed by atoms with Crippen molar-refractivity contribution in [3.8, 4) is 0 Å². The molecule has 0 saturated carbocycles. The molecule has 1 aromatic heterocycles. The molecule has 2 heterocycles. The van der Waals surface area contributed by atoms with Crippen molar-refractivity contribution >= 4 is 5.91 Å². The average Bonchev–Trinajstić information content (AvgIpc) is 2.90. The predicted octanol–water partition coefficient (Wildman–Crippen LogP) is 1.44. The Balaban J connectivity index is 2.04. The molecule has 0 saturated heterocycles. The lowest BCUT2D eigenvalue weighted by Gasteiger charge is -2.35. The van der Waals surface area contributed by atoms with Gasteiger partial charge in [0.25, 0.3) is 0 Å². The Kier molecular flexibility index (Phi) is 4.99. The molecule has 0 N–H and O–H groups in total. The van der Waals surface area contributed by atoms with Gasteiger partial charge in [0.1, 0.15) is 6.61 Å². The van der Waals surface area contributed by atoms with E-state index < -0.39 is 0 Å². The van der Waals surface area contributed by atoms with Crippen LogP contribution in [0.2, 0.25) is 0 Å². The van der Waals surface area contributed by atoms with Crippen molar-refractivity contribution < 1.29 is 14.3 Å². The summed E-state index contributed by atoms with van der Waals surface area (Å²) in [6, 6.07) is 4.40. The first-order chi connectivity index (χ1) is 9.26. The van der Waals surface area contributed by atoms with E-state index in [2.05, 4.69) is 16.8 Å². The highest BCUT2D eigenvalue weighted by molar-refractivity contribution is 5.77. The average molecular weight is 266 g/mol. The molecule has 2 rings (SSSR count). The molecule has 1 amide bonds. The van der Waals surface area contributed by atoms with Crippen molar-refractivity contribution in [3.63, 3.8) is 0 Å². The van der Waals surface area contributed by atoms with Crippen LogP contribution in [0, 0.1) is 0 Å². The number of hydrogen-bond donors (Lipinski definition) is 0. The maximum absolute atomic E-state index is 12.1. The SMILES string of the molecule is CCOCC(=O)N1Cc2cccn2C(CCOC)C1. The maximum atomic E-state index is 12.1. The van der Waals surface area contributed by atoms with Gasteiger partial charge in [-0.15, -0.1) is 0 Å². The number of amides is 1. The molecule has 1 unspecified atom stereocenters. The van der Waals surface area contributed by atoms with Crippen LogP contribution >= 0.6 is 0 Å². The van der Waals surface area contributed by atoms with Crippen LogP contribution in [0.1, 0.15) is 25.1 Å². The fourth-order valence-corrected chi connectivity index (χ4v) is 2.48. The minimum Gasteiger partial charge on any atom is -0.385 e. The van der Waals surface area contributed by atoms with Gasteiger partial charge in [-0.3, -0.25) is 4.79 Å². The molecule has 1 aliphatic heterocycles. The van der Waals surface area contributed by atoms with Crippen LogP contribution in [0.3, 0.4) is 0 Å². The lowest BCUT2D eigenvalue weighted by Crippen LogP contribution is -2.42. The zero-order chi connectivity index (χ0) is 13.7. The summed E-state index contributed by atoms with van der Waals surface area (Å²) in [5.41, 5.74) is 1.18. The van der Waals surface area contributed by atoms with Crippen LogP contribution in [-0.2, 0) is 20.8 Å². The summed E-state index contributed by atoms with van der Waals surface area (Å²) in [5.74, 6) is 0.0664. The van der Waals surface area contributed by atoms with Gasteiger partial charge in [-0.25, -0.2) is 0 Å². The fourth-order valence-electron chi connectivity index (χ4n) is 2.48. The highest BCUT2D eigenvalue weighted by atomic mass is 16.5. The number of methoxy groups -OCH3 is 1. The molecule has 5 heteroatoms.